The Morgan fingerprint density at radius 1 is 0.455 bits per heavy atom. The van der Waals surface area contributed by atoms with Crippen LogP contribution in [0.2, 0.25) is 0 Å². The number of hydrogen-bond acceptors (Lipinski definition) is 2. The number of anilines is 4. The standard InChI is InChI=1S/C41H37N3/c1-4-44-39-18-12-11-17-37(39)38-29-32(23-28-40(38)44)41(30-19-24-35(25-20-30)42(2)33-13-7-5-8-14-33)31-21-26-36(27-22-31)43(3)34-15-9-6-10-16-34/h5-29,41H,4H2,1-3H3. The second kappa shape index (κ2) is 11.8. The second-order valence-corrected chi connectivity index (χ2v) is 11.4. The highest BCUT2D eigenvalue weighted by molar-refractivity contribution is 6.08. The molecule has 0 saturated carbocycles. The molecule has 0 atom stereocenters. The molecule has 3 heteroatoms. The van der Waals surface area contributed by atoms with Gasteiger partial charge in [-0.2, -0.15) is 0 Å². The fraction of sp³-hybridized carbons (Fsp3) is 0.122. The molecular weight excluding hydrogens is 534 g/mol. The van der Waals surface area contributed by atoms with Crippen LogP contribution in [0.1, 0.15) is 29.5 Å². The second-order valence-electron chi connectivity index (χ2n) is 11.4. The maximum absolute atomic E-state index is 2.42. The maximum atomic E-state index is 2.42. The van der Waals surface area contributed by atoms with Crippen LogP contribution in [0.15, 0.2) is 152 Å². The van der Waals surface area contributed by atoms with Crippen molar-refractivity contribution in [1.29, 1.82) is 0 Å². The molecule has 0 unspecified atom stereocenters. The van der Waals surface area contributed by atoms with E-state index in [9.17, 15) is 0 Å². The Balaban J connectivity index is 1.32. The zero-order chi connectivity index (χ0) is 30.0. The van der Waals surface area contributed by atoms with Crippen LogP contribution < -0.4 is 9.80 Å². The average Bonchev–Trinajstić information content (AvgIpc) is 3.42. The highest BCUT2D eigenvalue weighted by Crippen LogP contribution is 2.38. The summed E-state index contributed by atoms with van der Waals surface area (Å²) in [7, 11) is 4.25. The molecule has 44 heavy (non-hydrogen) atoms. The maximum Gasteiger partial charge on any atom is 0.0491 e. The van der Waals surface area contributed by atoms with Crippen molar-refractivity contribution in [2.45, 2.75) is 19.4 Å². The van der Waals surface area contributed by atoms with Gasteiger partial charge in [0.2, 0.25) is 0 Å². The van der Waals surface area contributed by atoms with Crippen LogP contribution in [0.3, 0.4) is 0 Å². The molecule has 0 radical (unpaired) electrons. The first kappa shape index (κ1) is 27.5. The van der Waals surface area contributed by atoms with E-state index < -0.39 is 0 Å². The van der Waals surface area contributed by atoms with Crippen molar-refractivity contribution >= 4 is 44.6 Å². The lowest BCUT2D eigenvalue weighted by Crippen LogP contribution is -2.10. The van der Waals surface area contributed by atoms with Crippen molar-refractivity contribution in [3.8, 4) is 0 Å². The smallest absolute Gasteiger partial charge is 0.0491 e. The Kier molecular flexibility index (Phi) is 7.37. The van der Waals surface area contributed by atoms with Crippen molar-refractivity contribution in [1.82, 2.24) is 4.57 Å². The lowest BCUT2D eigenvalue weighted by Gasteiger charge is -2.24. The number of para-hydroxylation sites is 3. The van der Waals surface area contributed by atoms with Crippen LogP contribution in [0, 0.1) is 0 Å². The quantitative estimate of drug-likeness (QED) is 0.168. The minimum Gasteiger partial charge on any atom is -0.345 e. The Bertz CT molecular complexity index is 1920. The van der Waals surface area contributed by atoms with Crippen molar-refractivity contribution in [3.05, 3.63) is 168 Å². The molecule has 1 heterocycles. The fourth-order valence-corrected chi connectivity index (χ4v) is 6.55. The van der Waals surface area contributed by atoms with Gasteiger partial charge >= 0.3 is 0 Å². The van der Waals surface area contributed by atoms with Crippen LogP contribution in [0.5, 0.6) is 0 Å². The topological polar surface area (TPSA) is 11.4 Å². The molecule has 1 aromatic heterocycles. The lowest BCUT2D eigenvalue weighted by atomic mass is 9.84. The van der Waals surface area contributed by atoms with Gasteiger partial charge in [-0.25, -0.2) is 0 Å². The van der Waals surface area contributed by atoms with Gasteiger partial charge in [-0.3, -0.25) is 0 Å². The van der Waals surface area contributed by atoms with E-state index in [0.717, 1.165) is 6.54 Å². The highest BCUT2D eigenvalue weighted by Gasteiger charge is 2.20. The summed E-state index contributed by atoms with van der Waals surface area (Å²) in [6.07, 6.45) is 0. The van der Waals surface area contributed by atoms with Gasteiger partial charge < -0.3 is 14.4 Å². The number of fused-ring (bicyclic) bond motifs is 3. The molecule has 0 aliphatic rings. The third-order valence-electron chi connectivity index (χ3n) is 8.96. The van der Waals surface area contributed by atoms with Crippen LogP contribution in [-0.4, -0.2) is 18.7 Å². The molecular formula is C41H37N3. The Hall–Kier alpha value is -5.28. The molecule has 0 bridgehead atoms. The zero-order valence-electron chi connectivity index (χ0n) is 25.6. The van der Waals surface area contributed by atoms with Crippen LogP contribution in [0.25, 0.3) is 21.8 Å². The molecule has 0 amide bonds. The van der Waals surface area contributed by atoms with Crippen LogP contribution in [0.4, 0.5) is 22.7 Å². The fourth-order valence-electron chi connectivity index (χ4n) is 6.55. The minimum absolute atomic E-state index is 0.0929. The summed E-state index contributed by atoms with van der Waals surface area (Å²) in [5.74, 6) is 0.0929. The number of aryl methyl sites for hydroxylation is 1. The van der Waals surface area contributed by atoms with Gasteiger partial charge in [0.05, 0.1) is 0 Å². The van der Waals surface area contributed by atoms with Gasteiger partial charge in [-0.05, 0) is 90.3 Å². The summed E-state index contributed by atoms with van der Waals surface area (Å²) in [4.78, 5) is 4.47. The van der Waals surface area contributed by atoms with Gasteiger partial charge in [0.25, 0.3) is 0 Å². The normalized spacial score (nSPS) is 11.4. The molecule has 3 nitrogen and oxygen atoms in total. The zero-order valence-corrected chi connectivity index (χ0v) is 25.6. The third-order valence-corrected chi connectivity index (χ3v) is 8.96. The van der Waals surface area contributed by atoms with Crippen molar-refractivity contribution in [2.75, 3.05) is 23.9 Å². The largest absolute Gasteiger partial charge is 0.345 e. The molecule has 0 aliphatic heterocycles. The van der Waals surface area contributed by atoms with Gasteiger partial charge in [0.1, 0.15) is 0 Å². The Morgan fingerprint density at radius 3 is 1.41 bits per heavy atom. The molecule has 7 rings (SSSR count). The Morgan fingerprint density at radius 2 is 0.886 bits per heavy atom. The monoisotopic (exact) mass is 571 g/mol. The van der Waals surface area contributed by atoms with E-state index in [4.69, 9.17) is 0 Å². The molecule has 0 saturated heterocycles. The van der Waals surface area contributed by atoms with Gasteiger partial charge in [0.15, 0.2) is 0 Å². The van der Waals surface area contributed by atoms with E-state index in [2.05, 4.69) is 187 Å². The average molecular weight is 572 g/mol. The number of nitrogens with zero attached hydrogens (tertiary/aromatic N) is 3. The molecule has 0 spiro atoms. The first-order valence-corrected chi connectivity index (χ1v) is 15.4. The summed E-state index contributed by atoms with van der Waals surface area (Å²) in [6.45, 7) is 3.17. The van der Waals surface area contributed by atoms with E-state index in [1.54, 1.807) is 0 Å². The molecule has 7 aromatic rings. The van der Waals surface area contributed by atoms with E-state index in [1.807, 2.05) is 0 Å². The van der Waals surface area contributed by atoms with E-state index >= 15 is 0 Å². The summed E-state index contributed by atoms with van der Waals surface area (Å²) >= 11 is 0. The molecule has 0 aliphatic carbocycles. The van der Waals surface area contributed by atoms with Crippen LogP contribution in [-0.2, 0) is 6.54 Å². The van der Waals surface area contributed by atoms with Gasteiger partial charge in [-0.1, -0.05) is 84.9 Å². The number of benzene rings is 6. The lowest BCUT2D eigenvalue weighted by molar-refractivity contribution is 0.827. The SMILES string of the molecule is CCn1c2ccccc2c2cc(C(c3ccc(N(C)c4ccccc4)cc3)c3ccc(N(C)c4ccccc4)cc3)ccc21. The molecule has 216 valence electrons. The predicted molar refractivity (Wildman–Crippen MR) is 188 cm³/mol. The molecule has 6 aromatic carbocycles. The first-order chi connectivity index (χ1) is 21.6. The summed E-state index contributed by atoms with van der Waals surface area (Å²) in [5, 5.41) is 2.62. The number of aromatic nitrogens is 1. The van der Waals surface area contributed by atoms with Gasteiger partial charge in [0, 0.05) is 71.1 Å². The van der Waals surface area contributed by atoms with Crippen molar-refractivity contribution < 1.29 is 0 Å². The van der Waals surface area contributed by atoms with E-state index in [1.165, 1.54) is 61.2 Å². The number of rotatable bonds is 8. The summed E-state index contributed by atoms with van der Waals surface area (Å²) in [5.41, 5.74) is 11.1. The highest BCUT2D eigenvalue weighted by atomic mass is 15.1. The predicted octanol–water partition coefficient (Wildman–Crippen LogP) is 10.5. The van der Waals surface area contributed by atoms with Crippen molar-refractivity contribution in [2.24, 2.45) is 0 Å². The van der Waals surface area contributed by atoms with Crippen molar-refractivity contribution in [3.63, 3.8) is 0 Å². The van der Waals surface area contributed by atoms with Gasteiger partial charge in [-0.15, -0.1) is 0 Å². The third kappa shape index (κ3) is 5.01. The van der Waals surface area contributed by atoms with E-state index in [-0.39, 0.29) is 5.92 Å². The minimum atomic E-state index is 0.0929. The first-order valence-electron chi connectivity index (χ1n) is 15.4. The molecule has 0 N–H and O–H groups in total. The molecule has 0 fully saturated rings. The van der Waals surface area contributed by atoms with E-state index in [0.29, 0.717) is 0 Å². The summed E-state index contributed by atoms with van der Waals surface area (Å²) < 4.78 is 2.42. The Labute approximate surface area is 260 Å². The summed E-state index contributed by atoms with van der Waals surface area (Å²) in [6, 6.07) is 55.0. The number of hydrogen-bond donors (Lipinski definition) is 0. The van der Waals surface area contributed by atoms with Crippen LogP contribution >= 0.6 is 0 Å².